The lowest BCUT2D eigenvalue weighted by Gasteiger charge is -2.22. The highest BCUT2D eigenvalue weighted by atomic mass is 19.5. The van der Waals surface area contributed by atoms with Crippen LogP contribution in [0.5, 0.6) is 0 Å². The monoisotopic (exact) mass is 302 g/mol. The van der Waals surface area contributed by atoms with Gasteiger partial charge in [-0.3, -0.25) is 9.48 Å². The van der Waals surface area contributed by atoms with Crippen LogP contribution >= 0.6 is 0 Å². The van der Waals surface area contributed by atoms with Crippen LogP contribution in [0.3, 0.4) is 0 Å². The lowest BCUT2D eigenvalue weighted by Crippen LogP contribution is -2.40. The Morgan fingerprint density at radius 1 is 1.00 bits per heavy atom. The maximum atomic E-state index is 9.75. The van der Waals surface area contributed by atoms with Gasteiger partial charge in [-0.1, -0.05) is 30.3 Å². The van der Waals surface area contributed by atoms with Crippen molar-refractivity contribution in [3.63, 3.8) is 0 Å². The van der Waals surface area contributed by atoms with Gasteiger partial charge in [-0.2, -0.15) is 0 Å². The second kappa shape index (κ2) is 6.96. The minimum absolute atomic E-state index is 1.09. The van der Waals surface area contributed by atoms with E-state index in [2.05, 4.69) is 39.8 Å². The maximum Gasteiger partial charge on any atom is 0.673 e. The molecule has 1 aromatic carbocycles. The first-order valence-electron chi connectivity index (χ1n) is 7.20. The van der Waals surface area contributed by atoms with Gasteiger partial charge >= 0.3 is 7.25 Å². The maximum absolute atomic E-state index is 9.75. The van der Waals surface area contributed by atoms with Crippen LogP contribution < -0.4 is 0 Å². The molecule has 0 saturated carbocycles. The SMILES string of the molecule is F[B-](F)(F)F.c1ccc(C[N+]2=C3CCCN3CCC2)cc1. The minimum Gasteiger partial charge on any atom is -0.418 e. The van der Waals surface area contributed by atoms with Gasteiger partial charge in [-0.05, 0) is 12.0 Å². The molecule has 1 aromatic rings. The van der Waals surface area contributed by atoms with Crippen LogP contribution in [0.1, 0.15) is 24.8 Å². The van der Waals surface area contributed by atoms with Crippen molar-refractivity contribution in [2.24, 2.45) is 0 Å². The summed E-state index contributed by atoms with van der Waals surface area (Å²) in [6.45, 7) is 4.88. The van der Waals surface area contributed by atoms with Crippen LogP contribution in [0.2, 0.25) is 0 Å². The van der Waals surface area contributed by atoms with Crippen LogP contribution in [0.15, 0.2) is 30.3 Å². The summed E-state index contributed by atoms with van der Waals surface area (Å²) in [5.74, 6) is 1.59. The molecule has 116 valence electrons. The summed E-state index contributed by atoms with van der Waals surface area (Å²) in [5.41, 5.74) is 1.43. The average molecular weight is 302 g/mol. The number of benzene rings is 1. The van der Waals surface area contributed by atoms with Crippen molar-refractivity contribution in [2.45, 2.75) is 25.8 Å². The van der Waals surface area contributed by atoms with Crippen LogP contribution in [-0.2, 0) is 6.54 Å². The Bertz CT molecular complexity index is 481. The zero-order valence-electron chi connectivity index (χ0n) is 11.8. The standard InChI is InChI=1S/C14H19N2.BF4/c1-2-6-13(7-3-1)12-16-11-5-10-15-9-4-8-14(15)16;2-1(3,4)5/h1-3,6-7H,4-5,8-12H2;/q+1;-1. The number of halogens is 4. The Labute approximate surface area is 122 Å². The molecule has 0 bridgehead atoms. The Hall–Kier alpha value is -1.53. The third-order valence-electron chi connectivity index (χ3n) is 3.63. The molecule has 0 spiro atoms. The molecule has 0 amide bonds. The Morgan fingerprint density at radius 2 is 1.62 bits per heavy atom. The van der Waals surface area contributed by atoms with Crippen LogP contribution in [0.4, 0.5) is 17.3 Å². The lowest BCUT2D eigenvalue weighted by molar-refractivity contribution is -0.554. The van der Waals surface area contributed by atoms with Gasteiger partial charge in [0.1, 0.15) is 6.54 Å². The Morgan fingerprint density at radius 3 is 2.29 bits per heavy atom. The summed E-state index contributed by atoms with van der Waals surface area (Å²) in [5, 5.41) is 0. The van der Waals surface area contributed by atoms with Gasteiger partial charge < -0.3 is 17.3 Å². The number of fused-ring (bicyclic) bond motifs is 1. The lowest BCUT2D eigenvalue weighted by atomic mass is 10.2. The van der Waals surface area contributed by atoms with Gasteiger partial charge in [0, 0.05) is 6.42 Å². The van der Waals surface area contributed by atoms with Crippen LogP contribution in [-0.4, -0.2) is 42.2 Å². The molecular formula is C14H19BF4N2. The first kappa shape index (κ1) is 15.9. The quantitative estimate of drug-likeness (QED) is 0.461. The number of amidine groups is 1. The first-order valence-corrected chi connectivity index (χ1v) is 7.20. The summed E-state index contributed by atoms with van der Waals surface area (Å²) in [4.78, 5) is 2.58. The van der Waals surface area contributed by atoms with Crippen molar-refractivity contribution >= 4 is 13.1 Å². The Kier molecular flexibility index (Phi) is 5.25. The van der Waals surface area contributed by atoms with E-state index in [1.807, 2.05) is 0 Å². The molecule has 2 aliphatic rings. The molecule has 2 nitrogen and oxygen atoms in total. The van der Waals surface area contributed by atoms with E-state index < -0.39 is 7.25 Å². The van der Waals surface area contributed by atoms with Gasteiger partial charge in [0.25, 0.3) is 0 Å². The zero-order chi connectivity index (χ0) is 15.3. The second-order valence-corrected chi connectivity index (χ2v) is 5.26. The minimum atomic E-state index is -6.00. The van der Waals surface area contributed by atoms with Crippen LogP contribution in [0.25, 0.3) is 0 Å². The van der Waals surface area contributed by atoms with E-state index in [0.717, 1.165) is 6.54 Å². The third-order valence-corrected chi connectivity index (χ3v) is 3.63. The van der Waals surface area contributed by atoms with Gasteiger partial charge in [-0.15, -0.1) is 0 Å². The van der Waals surface area contributed by atoms with Crippen molar-refractivity contribution in [3.05, 3.63) is 35.9 Å². The van der Waals surface area contributed by atoms with E-state index in [1.165, 1.54) is 44.5 Å². The van der Waals surface area contributed by atoms with E-state index in [-0.39, 0.29) is 0 Å². The largest absolute Gasteiger partial charge is 0.673 e. The van der Waals surface area contributed by atoms with E-state index in [9.17, 15) is 17.3 Å². The summed E-state index contributed by atoms with van der Waals surface area (Å²) >= 11 is 0. The predicted octanol–water partition coefficient (Wildman–Crippen LogP) is 3.40. The zero-order valence-corrected chi connectivity index (χ0v) is 11.8. The molecular weight excluding hydrogens is 283 g/mol. The fraction of sp³-hybridized carbons (Fsp3) is 0.500. The third kappa shape index (κ3) is 5.40. The van der Waals surface area contributed by atoms with Crippen molar-refractivity contribution < 1.29 is 21.8 Å². The number of hydrogen-bond acceptors (Lipinski definition) is 1. The number of hydrogen-bond donors (Lipinski definition) is 0. The molecule has 0 N–H and O–H groups in total. The Balaban J connectivity index is 0.000000282. The molecule has 7 heteroatoms. The predicted molar refractivity (Wildman–Crippen MR) is 75.9 cm³/mol. The molecule has 0 radical (unpaired) electrons. The van der Waals surface area contributed by atoms with E-state index in [0.29, 0.717) is 0 Å². The topological polar surface area (TPSA) is 6.25 Å². The number of rotatable bonds is 2. The first-order chi connectivity index (χ1) is 9.93. The van der Waals surface area contributed by atoms with Crippen molar-refractivity contribution in [1.82, 2.24) is 4.90 Å². The molecule has 0 unspecified atom stereocenters. The summed E-state index contributed by atoms with van der Waals surface area (Å²) in [6, 6.07) is 10.8. The normalized spacial score (nSPS) is 18.2. The summed E-state index contributed by atoms with van der Waals surface area (Å²) in [7, 11) is -6.00. The molecule has 0 atom stereocenters. The van der Waals surface area contributed by atoms with Gasteiger partial charge in [0.05, 0.1) is 26.1 Å². The van der Waals surface area contributed by atoms with E-state index >= 15 is 0 Å². The highest BCUT2D eigenvalue weighted by Gasteiger charge is 2.31. The fourth-order valence-corrected chi connectivity index (χ4v) is 2.87. The highest BCUT2D eigenvalue weighted by Crippen LogP contribution is 2.17. The van der Waals surface area contributed by atoms with Crippen molar-refractivity contribution in [3.8, 4) is 0 Å². The fourth-order valence-electron chi connectivity index (χ4n) is 2.87. The highest BCUT2D eigenvalue weighted by molar-refractivity contribution is 6.50. The molecule has 1 saturated heterocycles. The molecule has 2 heterocycles. The molecule has 0 aliphatic carbocycles. The number of nitrogens with zero attached hydrogens (tertiary/aromatic N) is 2. The van der Waals surface area contributed by atoms with Crippen molar-refractivity contribution in [1.29, 1.82) is 0 Å². The van der Waals surface area contributed by atoms with Gasteiger partial charge in [0.2, 0.25) is 5.84 Å². The molecule has 1 fully saturated rings. The average Bonchev–Trinajstić information content (AvgIpc) is 2.87. The van der Waals surface area contributed by atoms with Crippen LogP contribution in [0, 0.1) is 0 Å². The van der Waals surface area contributed by atoms with Gasteiger partial charge in [0.15, 0.2) is 0 Å². The van der Waals surface area contributed by atoms with E-state index in [1.54, 1.807) is 5.84 Å². The second-order valence-electron chi connectivity index (χ2n) is 5.26. The van der Waals surface area contributed by atoms with E-state index in [4.69, 9.17) is 0 Å². The summed E-state index contributed by atoms with van der Waals surface area (Å²) in [6.07, 6.45) is 3.95. The van der Waals surface area contributed by atoms with Crippen molar-refractivity contribution in [2.75, 3.05) is 19.6 Å². The molecule has 3 rings (SSSR count). The van der Waals surface area contributed by atoms with Gasteiger partial charge in [-0.25, -0.2) is 0 Å². The molecule has 21 heavy (non-hydrogen) atoms. The summed E-state index contributed by atoms with van der Waals surface area (Å²) < 4.78 is 41.6. The smallest absolute Gasteiger partial charge is 0.418 e. The molecule has 0 aromatic heterocycles. The molecule has 2 aliphatic heterocycles.